The lowest BCUT2D eigenvalue weighted by Crippen LogP contribution is -2.15. The van der Waals surface area contributed by atoms with Gasteiger partial charge in [0.2, 0.25) is 0 Å². The van der Waals surface area contributed by atoms with Crippen LogP contribution in [0.15, 0.2) is 40.8 Å². The number of aldehydes is 1. The predicted molar refractivity (Wildman–Crippen MR) is 67.4 cm³/mol. The lowest BCUT2D eigenvalue weighted by atomic mass is 10.2. The Morgan fingerprint density at radius 3 is 2.89 bits per heavy atom. The minimum absolute atomic E-state index is 0.323. The van der Waals surface area contributed by atoms with Gasteiger partial charge in [-0.1, -0.05) is 6.07 Å². The summed E-state index contributed by atoms with van der Waals surface area (Å²) in [4.78, 5) is 12.5. The van der Waals surface area contributed by atoms with Crippen molar-refractivity contribution in [2.24, 2.45) is 0 Å². The van der Waals surface area contributed by atoms with Crippen LogP contribution >= 0.6 is 0 Å². The zero-order valence-electron chi connectivity index (χ0n) is 9.96. The number of furan rings is 1. The molecule has 0 N–H and O–H groups in total. The maximum Gasteiger partial charge on any atom is 0.185 e. The summed E-state index contributed by atoms with van der Waals surface area (Å²) < 4.78 is 5.31. The molecule has 0 radical (unpaired) electrons. The van der Waals surface area contributed by atoms with Crippen molar-refractivity contribution in [3.05, 3.63) is 53.5 Å². The summed E-state index contributed by atoms with van der Waals surface area (Å²) >= 11 is 0. The van der Waals surface area contributed by atoms with Gasteiger partial charge in [-0.05, 0) is 30.3 Å². The van der Waals surface area contributed by atoms with Crippen molar-refractivity contribution in [1.29, 1.82) is 5.26 Å². The zero-order valence-corrected chi connectivity index (χ0v) is 9.96. The quantitative estimate of drug-likeness (QED) is 0.771. The van der Waals surface area contributed by atoms with Crippen molar-refractivity contribution in [3.63, 3.8) is 0 Å². The highest BCUT2D eigenvalue weighted by atomic mass is 16.3. The van der Waals surface area contributed by atoms with E-state index in [-0.39, 0.29) is 0 Å². The van der Waals surface area contributed by atoms with Crippen LogP contribution in [0.4, 0.5) is 5.69 Å². The van der Waals surface area contributed by atoms with Gasteiger partial charge >= 0.3 is 0 Å². The summed E-state index contributed by atoms with van der Waals surface area (Å²) in [7, 11) is 1.90. The molecule has 90 valence electrons. The van der Waals surface area contributed by atoms with Gasteiger partial charge < -0.3 is 9.32 Å². The lowest BCUT2D eigenvalue weighted by Gasteiger charge is -2.17. The number of anilines is 1. The van der Waals surface area contributed by atoms with E-state index in [2.05, 4.69) is 6.07 Å². The van der Waals surface area contributed by atoms with E-state index in [0.717, 1.165) is 5.69 Å². The summed E-state index contributed by atoms with van der Waals surface area (Å²) in [5, 5.41) is 8.84. The van der Waals surface area contributed by atoms with Crippen LogP contribution in [-0.4, -0.2) is 13.3 Å². The second-order valence-corrected chi connectivity index (χ2v) is 3.94. The molecule has 0 unspecified atom stereocenters. The third-order valence-electron chi connectivity index (χ3n) is 2.61. The number of rotatable bonds is 4. The minimum atomic E-state index is 0.323. The SMILES string of the molecule is CN(Cc1ccc(C=O)o1)c1cccc(C#N)c1. The second-order valence-electron chi connectivity index (χ2n) is 3.94. The Bertz CT molecular complexity index is 596. The number of nitriles is 1. The molecule has 0 aliphatic carbocycles. The Morgan fingerprint density at radius 2 is 2.22 bits per heavy atom. The zero-order chi connectivity index (χ0) is 13.0. The normalized spacial score (nSPS) is 9.78. The monoisotopic (exact) mass is 240 g/mol. The fourth-order valence-corrected chi connectivity index (χ4v) is 1.68. The Labute approximate surface area is 105 Å². The summed E-state index contributed by atoms with van der Waals surface area (Å²) in [6, 6.07) is 12.8. The molecule has 0 bridgehead atoms. The van der Waals surface area contributed by atoms with Crippen molar-refractivity contribution < 1.29 is 9.21 Å². The predicted octanol–water partition coefficient (Wildman–Crippen LogP) is 2.60. The van der Waals surface area contributed by atoms with Crippen LogP contribution in [0.5, 0.6) is 0 Å². The third-order valence-corrected chi connectivity index (χ3v) is 2.61. The van der Waals surface area contributed by atoms with Crippen molar-refractivity contribution in [2.45, 2.75) is 6.54 Å². The molecule has 0 aliphatic heterocycles. The van der Waals surface area contributed by atoms with Gasteiger partial charge in [-0.15, -0.1) is 0 Å². The fourth-order valence-electron chi connectivity index (χ4n) is 1.68. The Hall–Kier alpha value is -2.54. The van der Waals surface area contributed by atoms with E-state index >= 15 is 0 Å². The largest absolute Gasteiger partial charge is 0.456 e. The van der Waals surface area contributed by atoms with E-state index < -0.39 is 0 Å². The number of benzene rings is 1. The molecule has 1 heterocycles. The van der Waals surface area contributed by atoms with E-state index in [9.17, 15) is 4.79 Å². The van der Waals surface area contributed by atoms with E-state index in [0.29, 0.717) is 29.9 Å². The number of carbonyl (C=O) groups is 1. The Balaban J connectivity index is 2.13. The topological polar surface area (TPSA) is 57.2 Å². The number of nitrogens with zero attached hydrogens (tertiary/aromatic N) is 2. The second kappa shape index (κ2) is 5.19. The number of carbonyl (C=O) groups excluding carboxylic acids is 1. The molecule has 0 saturated heterocycles. The first-order valence-electron chi connectivity index (χ1n) is 5.48. The first kappa shape index (κ1) is 11.9. The van der Waals surface area contributed by atoms with Crippen LogP contribution in [0.25, 0.3) is 0 Å². The molecule has 0 fully saturated rings. The molecule has 2 rings (SSSR count). The van der Waals surface area contributed by atoms with Crippen LogP contribution in [0.1, 0.15) is 21.9 Å². The minimum Gasteiger partial charge on any atom is -0.456 e. The lowest BCUT2D eigenvalue weighted by molar-refractivity contribution is 0.109. The summed E-state index contributed by atoms with van der Waals surface area (Å²) in [5.74, 6) is 1.03. The summed E-state index contributed by atoms with van der Waals surface area (Å²) in [5.41, 5.74) is 1.55. The molecule has 2 aromatic rings. The average Bonchev–Trinajstić information content (AvgIpc) is 2.86. The van der Waals surface area contributed by atoms with Gasteiger partial charge in [-0.25, -0.2) is 0 Å². The summed E-state index contributed by atoms with van der Waals surface area (Å²) in [6.07, 6.45) is 0.680. The molecule has 0 saturated carbocycles. The van der Waals surface area contributed by atoms with Crippen molar-refractivity contribution in [2.75, 3.05) is 11.9 Å². The average molecular weight is 240 g/mol. The standard InChI is InChI=1S/C14H12N2O2/c1-16(9-13-5-6-14(10-17)18-13)12-4-2-3-11(7-12)8-15/h2-7,10H,9H2,1H3. The van der Waals surface area contributed by atoms with Gasteiger partial charge in [-0.3, -0.25) is 4.79 Å². The maximum absolute atomic E-state index is 10.5. The molecule has 1 aromatic heterocycles. The van der Waals surface area contributed by atoms with Gasteiger partial charge in [0.05, 0.1) is 18.2 Å². The molecular weight excluding hydrogens is 228 g/mol. The number of hydrogen-bond donors (Lipinski definition) is 0. The van der Waals surface area contributed by atoms with Crippen molar-refractivity contribution >= 4 is 12.0 Å². The van der Waals surface area contributed by atoms with Crippen molar-refractivity contribution in [3.8, 4) is 6.07 Å². The first-order valence-corrected chi connectivity index (χ1v) is 5.48. The smallest absolute Gasteiger partial charge is 0.185 e. The molecule has 1 aromatic carbocycles. The van der Waals surface area contributed by atoms with Gasteiger partial charge in [-0.2, -0.15) is 5.26 Å². The van der Waals surface area contributed by atoms with Gasteiger partial charge in [0, 0.05) is 12.7 Å². The highest BCUT2D eigenvalue weighted by Gasteiger charge is 2.06. The molecular formula is C14H12N2O2. The first-order chi connectivity index (χ1) is 8.72. The third kappa shape index (κ3) is 2.58. The summed E-state index contributed by atoms with van der Waals surface area (Å²) in [6.45, 7) is 0.544. The molecule has 0 atom stereocenters. The van der Waals surface area contributed by atoms with Gasteiger partial charge in [0.15, 0.2) is 12.0 Å². The van der Waals surface area contributed by atoms with Gasteiger partial charge in [0.25, 0.3) is 0 Å². The van der Waals surface area contributed by atoms with Crippen LogP contribution in [-0.2, 0) is 6.54 Å². The van der Waals surface area contributed by atoms with E-state index in [4.69, 9.17) is 9.68 Å². The molecule has 4 nitrogen and oxygen atoms in total. The Morgan fingerprint density at radius 1 is 1.39 bits per heavy atom. The molecule has 18 heavy (non-hydrogen) atoms. The van der Waals surface area contributed by atoms with Crippen LogP contribution in [0, 0.1) is 11.3 Å². The van der Waals surface area contributed by atoms with E-state index in [1.165, 1.54) is 0 Å². The highest BCUT2D eigenvalue weighted by molar-refractivity contribution is 5.70. The highest BCUT2D eigenvalue weighted by Crippen LogP contribution is 2.17. The van der Waals surface area contributed by atoms with E-state index in [1.54, 1.807) is 18.2 Å². The Kier molecular flexibility index (Phi) is 3.44. The van der Waals surface area contributed by atoms with Gasteiger partial charge in [0.1, 0.15) is 5.76 Å². The fraction of sp³-hybridized carbons (Fsp3) is 0.143. The maximum atomic E-state index is 10.5. The van der Waals surface area contributed by atoms with Crippen LogP contribution in [0.3, 0.4) is 0 Å². The molecule has 0 aliphatic rings. The molecule has 0 spiro atoms. The van der Waals surface area contributed by atoms with E-state index in [1.807, 2.05) is 30.1 Å². The van der Waals surface area contributed by atoms with Crippen LogP contribution < -0.4 is 4.90 Å². The van der Waals surface area contributed by atoms with Crippen molar-refractivity contribution in [1.82, 2.24) is 0 Å². The number of hydrogen-bond acceptors (Lipinski definition) is 4. The molecule has 4 heteroatoms. The molecule has 0 amide bonds. The van der Waals surface area contributed by atoms with Crippen LogP contribution in [0.2, 0.25) is 0 Å².